The van der Waals surface area contributed by atoms with Crippen molar-refractivity contribution in [2.24, 2.45) is 11.8 Å². The van der Waals surface area contributed by atoms with E-state index in [0.717, 1.165) is 57.2 Å². The average molecular weight is 665 g/mol. The molecule has 0 unspecified atom stereocenters. The van der Waals surface area contributed by atoms with Gasteiger partial charge < -0.3 is 33.5 Å². The fourth-order valence-electron chi connectivity index (χ4n) is 7.26. The molecular formula is C40H60N2O6. The molecule has 2 aliphatic rings. The smallest absolute Gasteiger partial charge is 0.204 e. The van der Waals surface area contributed by atoms with Crippen molar-refractivity contribution in [2.75, 3.05) is 59.6 Å². The number of unbranched alkanes of at least 4 members (excludes halogenated alkanes) is 2. The average Bonchev–Trinajstić information content (AvgIpc) is 3.77. The van der Waals surface area contributed by atoms with Crippen LogP contribution in [0.25, 0.3) is 21.9 Å². The number of likely N-dealkylation sites (tertiary alicyclic amines) is 2. The summed E-state index contributed by atoms with van der Waals surface area (Å²) in [6.07, 6.45) is 12.2. The number of aromatic hydroxyl groups is 1. The fourth-order valence-corrected chi connectivity index (χ4v) is 7.26. The predicted octanol–water partition coefficient (Wildman–Crippen LogP) is 8.35. The lowest BCUT2D eigenvalue weighted by Crippen LogP contribution is -2.20. The summed E-state index contributed by atoms with van der Waals surface area (Å²) in [5.74, 6) is 2.63. The zero-order valence-electron chi connectivity index (χ0n) is 30.3. The number of nitrogens with zero attached hydrogens (tertiary/aromatic N) is 2. The third-order valence-electron chi connectivity index (χ3n) is 10.1. The molecule has 0 bridgehead atoms. The normalized spacial score (nSPS) is 15.9. The maximum absolute atomic E-state index is 14.4. The Kier molecular flexibility index (Phi) is 13.3. The summed E-state index contributed by atoms with van der Waals surface area (Å²) in [5, 5.41) is 12.4. The number of methoxy groups -OCH3 is 1. The van der Waals surface area contributed by atoms with E-state index in [9.17, 15) is 9.90 Å². The van der Waals surface area contributed by atoms with E-state index in [1.54, 1.807) is 13.2 Å². The van der Waals surface area contributed by atoms with Gasteiger partial charge in [-0.25, -0.2) is 0 Å². The van der Waals surface area contributed by atoms with Crippen LogP contribution in [0.2, 0.25) is 0 Å². The van der Waals surface area contributed by atoms with Gasteiger partial charge in [-0.1, -0.05) is 27.7 Å². The predicted molar refractivity (Wildman–Crippen MR) is 195 cm³/mol. The zero-order chi connectivity index (χ0) is 34.0. The van der Waals surface area contributed by atoms with E-state index in [0.29, 0.717) is 77.3 Å². The van der Waals surface area contributed by atoms with Crippen LogP contribution in [0.3, 0.4) is 0 Å². The SMILES string of the molecule is COc1c(OCCCCN2CCCC2)cc2oc3cc(OCCCCN4CCCC4)c(CCC(C)C)c(O)c3c(=O)c2c1CCC(C)C. The summed E-state index contributed by atoms with van der Waals surface area (Å²) >= 11 is 0. The Hall–Kier alpha value is -2.97. The van der Waals surface area contributed by atoms with Gasteiger partial charge in [0.25, 0.3) is 0 Å². The minimum Gasteiger partial charge on any atom is -0.507 e. The molecule has 0 saturated carbocycles. The molecular weight excluding hydrogens is 604 g/mol. The van der Waals surface area contributed by atoms with Gasteiger partial charge in [0.2, 0.25) is 5.43 Å². The topological polar surface area (TPSA) is 84.6 Å². The number of hydrogen-bond donors (Lipinski definition) is 1. The van der Waals surface area contributed by atoms with Crippen molar-refractivity contribution in [3.63, 3.8) is 0 Å². The number of phenolic OH excluding ortho intramolecular Hbond substituents is 1. The lowest BCUT2D eigenvalue weighted by Gasteiger charge is -2.19. The largest absolute Gasteiger partial charge is 0.507 e. The first kappa shape index (κ1) is 36.3. The Morgan fingerprint density at radius 2 is 1.23 bits per heavy atom. The second kappa shape index (κ2) is 17.6. The molecule has 2 saturated heterocycles. The summed E-state index contributed by atoms with van der Waals surface area (Å²) in [6, 6.07) is 3.62. The number of ether oxygens (including phenoxy) is 3. The van der Waals surface area contributed by atoms with Gasteiger partial charge in [-0.05, 0) is 128 Å². The van der Waals surface area contributed by atoms with Crippen molar-refractivity contribution in [2.45, 2.75) is 105 Å². The Morgan fingerprint density at radius 1 is 0.729 bits per heavy atom. The zero-order valence-corrected chi connectivity index (χ0v) is 30.3. The van der Waals surface area contributed by atoms with Gasteiger partial charge in [0.05, 0.1) is 25.7 Å². The van der Waals surface area contributed by atoms with Gasteiger partial charge in [-0.15, -0.1) is 0 Å². The van der Waals surface area contributed by atoms with Crippen molar-refractivity contribution < 1.29 is 23.7 Å². The highest BCUT2D eigenvalue weighted by Crippen LogP contribution is 2.42. The maximum atomic E-state index is 14.4. The quantitative estimate of drug-likeness (QED) is 0.101. The molecule has 2 aromatic carbocycles. The first-order valence-corrected chi connectivity index (χ1v) is 18.8. The van der Waals surface area contributed by atoms with E-state index >= 15 is 0 Å². The van der Waals surface area contributed by atoms with Crippen LogP contribution in [0.4, 0.5) is 0 Å². The molecule has 1 N–H and O–H groups in total. The second-order valence-electron chi connectivity index (χ2n) is 14.8. The van der Waals surface area contributed by atoms with Crippen molar-refractivity contribution >= 4 is 21.9 Å². The molecule has 0 atom stereocenters. The number of hydrogen-bond acceptors (Lipinski definition) is 8. The monoisotopic (exact) mass is 664 g/mol. The number of fused-ring (bicyclic) bond motifs is 2. The third-order valence-corrected chi connectivity index (χ3v) is 10.1. The molecule has 266 valence electrons. The maximum Gasteiger partial charge on any atom is 0.204 e. The van der Waals surface area contributed by atoms with Crippen LogP contribution in [0.5, 0.6) is 23.0 Å². The van der Waals surface area contributed by atoms with Crippen molar-refractivity contribution in [1.29, 1.82) is 0 Å². The molecule has 3 aromatic rings. The first-order valence-electron chi connectivity index (χ1n) is 18.8. The molecule has 3 heterocycles. The minimum absolute atomic E-state index is 0.0250. The highest BCUT2D eigenvalue weighted by Gasteiger charge is 2.25. The van der Waals surface area contributed by atoms with Crippen LogP contribution in [0, 0.1) is 11.8 Å². The van der Waals surface area contributed by atoms with Crippen molar-refractivity contribution in [3.05, 3.63) is 33.5 Å². The number of phenols is 1. The lowest BCUT2D eigenvalue weighted by atomic mass is 9.95. The second-order valence-corrected chi connectivity index (χ2v) is 14.8. The Bertz CT molecular complexity index is 1530. The van der Waals surface area contributed by atoms with Gasteiger partial charge in [0.15, 0.2) is 11.5 Å². The fraction of sp³-hybridized carbons (Fsp3) is 0.675. The van der Waals surface area contributed by atoms with E-state index in [1.165, 1.54) is 51.9 Å². The van der Waals surface area contributed by atoms with Crippen LogP contribution in [0.15, 0.2) is 21.3 Å². The highest BCUT2D eigenvalue weighted by atomic mass is 16.5. The number of aryl methyl sites for hydroxylation is 1. The van der Waals surface area contributed by atoms with Gasteiger partial charge in [0, 0.05) is 23.3 Å². The Balaban J connectivity index is 1.47. The molecule has 0 amide bonds. The van der Waals surface area contributed by atoms with E-state index < -0.39 is 0 Å². The minimum atomic E-state index is -0.235. The molecule has 0 aliphatic carbocycles. The Morgan fingerprint density at radius 3 is 1.77 bits per heavy atom. The summed E-state index contributed by atoms with van der Waals surface area (Å²) in [4.78, 5) is 19.5. The summed E-state index contributed by atoms with van der Waals surface area (Å²) in [7, 11) is 1.64. The van der Waals surface area contributed by atoms with Crippen LogP contribution in [-0.4, -0.2) is 74.5 Å². The third kappa shape index (κ3) is 9.17. The summed E-state index contributed by atoms with van der Waals surface area (Å²) < 4.78 is 25.2. The van der Waals surface area contributed by atoms with Crippen LogP contribution < -0.4 is 19.6 Å². The van der Waals surface area contributed by atoms with Gasteiger partial charge in [-0.3, -0.25) is 4.79 Å². The van der Waals surface area contributed by atoms with Crippen molar-refractivity contribution in [3.8, 4) is 23.0 Å². The van der Waals surface area contributed by atoms with Crippen molar-refractivity contribution in [1.82, 2.24) is 9.80 Å². The van der Waals surface area contributed by atoms with Gasteiger partial charge >= 0.3 is 0 Å². The van der Waals surface area contributed by atoms with Gasteiger partial charge in [-0.2, -0.15) is 0 Å². The van der Waals surface area contributed by atoms with E-state index in [2.05, 4.69) is 37.5 Å². The molecule has 48 heavy (non-hydrogen) atoms. The molecule has 8 nitrogen and oxygen atoms in total. The highest BCUT2D eigenvalue weighted by molar-refractivity contribution is 5.97. The molecule has 2 fully saturated rings. The van der Waals surface area contributed by atoms with Gasteiger partial charge in [0.1, 0.15) is 28.1 Å². The lowest BCUT2D eigenvalue weighted by molar-refractivity contribution is 0.268. The van der Waals surface area contributed by atoms with E-state index in [1.807, 2.05) is 6.07 Å². The van der Waals surface area contributed by atoms with E-state index in [-0.39, 0.29) is 16.6 Å². The standard InChI is InChI=1S/C40H60N2O6/c1-28(2)14-16-30-32(46-24-12-10-22-41-18-6-7-19-41)26-34-37(38(30)43)39(44)36-31(17-15-29(3)4)40(45-5)35(27-33(36)48-34)47-25-13-11-23-42-20-8-9-21-42/h26-29,43H,6-25H2,1-5H3. The molecule has 8 heteroatoms. The van der Waals surface area contributed by atoms with Crippen LogP contribution in [0.1, 0.15) is 103 Å². The first-order chi connectivity index (χ1) is 23.3. The molecule has 2 aliphatic heterocycles. The van der Waals surface area contributed by atoms with Crippen LogP contribution >= 0.6 is 0 Å². The number of rotatable bonds is 19. The molecule has 1 aromatic heterocycles. The van der Waals surface area contributed by atoms with E-state index in [4.69, 9.17) is 18.6 Å². The number of benzene rings is 2. The summed E-state index contributed by atoms with van der Waals surface area (Å²) in [6.45, 7) is 16.8. The Labute approximate surface area is 287 Å². The molecule has 5 rings (SSSR count). The molecule has 0 radical (unpaired) electrons. The molecule has 0 spiro atoms. The van der Waals surface area contributed by atoms with Crippen LogP contribution in [-0.2, 0) is 12.8 Å². The summed E-state index contributed by atoms with van der Waals surface area (Å²) in [5.41, 5.74) is 2.02.